The van der Waals surface area contributed by atoms with Crippen LogP contribution in [0.5, 0.6) is 5.75 Å². The molecule has 0 bridgehead atoms. The Morgan fingerprint density at radius 1 is 1.04 bits per heavy atom. The lowest BCUT2D eigenvalue weighted by Crippen LogP contribution is -2.37. The number of nitrogens with zero attached hydrogens (tertiary/aromatic N) is 4. The van der Waals surface area contributed by atoms with Crippen LogP contribution in [0.1, 0.15) is 12.8 Å². The van der Waals surface area contributed by atoms with Crippen LogP contribution in [-0.2, 0) is 0 Å². The van der Waals surface area contributed by atoms with Crippen molar-refractivity contribution in [1.29, 1.82) is 0 Å². The van der Waals surface area contributed by atoms with Crippen LogP contribution in [0.15, 0.2) is 36.4 Å². The molecule has 3 heterocycles. The molecule has 4 rings (SSSR count). The van der Waals surface area contributed by atoms with E-state index in [2.05, 4.69) is 32.2 Å². The number of hydrogen-bond donors (Lipinski definition) is 3. The zero-order chi connectivity index (χ0) is 18.1. The molecule has 1 aromatic carbocycles. The van der Waals surface area contributed by atoms with E-state index in [0.29, 0.717) is 23.5 Å². The van der Waals surface area contributed by atoms with E-state index in [4.69, 9.17) is 5.73 Å². The summed E-state index contributed by atoms with van der Waals surface area (Å²) in [4.78, 5) is 15.9. The number of rotatable bonds is 3. The van der Waals surface area contributed by atoms with Crippen LogP contribution in [0.25, 0.3) is 22.3 Å². The van der Waals surface area contributed by atoms with Gasteiger partial charge in [0, 0.05) is 11.6 Å². The molecule has 0 saturated carbocycles. The number of fused-ring (bicyclic) bond motifs is 1. The van der Waals surface area contributed by atoms with E-state index in [1.165, 1.54) is 0 Å². The molecule has 0 radical (unpaired) electrons. The highest BCUT2D eigenvalue weighted by molar-refractivity contribution is 5.88. The molecular formula is C19H22N6O. The standard InChI is InChI=1S/C19H22N6O/c1-25-10-8-13(9-11-25)21-19-23-17(20)15-6-7-16(22-18(15)24-19)12-2-4-14(26)5-3-12/h2-7,13,26H,8-11H2,1H3,(H3,20,21,22,23,24). The molecule has 7 nitrogen and oxygen atoms in total. The Labute approximate surface area is 151 Å². The van der Waals surface area contributed by atoms with Gasteiger partial charge in [0.1, 0.15) is 11.6 Å². The first-order valence-corrected chi connectivity index (χ1v) is 8.77. The number of aromatic hydroxyl groups is 1. The summed E-state index contributed by atoms with van der Waals surface area (Å²) < 4.78 is 0. The Kier molecular flexibility index (Phi) is 4.30. The van der Waals surface area contributed by atoms with E-state index in [1.54, 1.807) is 12.1 Å². The van der Waals surface area contributed by atoms with Crippen molar-refractivity contribution in [3.05, 3.63) is 36.4 Å². The average molecular weight is 350 g/mol. The molecule has 1 aliphatic rings. The van der Waals surface area contributed by atoms with Gasteiger partial charge in [-0.25, -0.2) is 4.98 Å². The first-order valence-electron chi connectivity index (χ1n) is 8.77. The summed E-state index contributed by atoms with van der Waals surface area (Å²) in [6.07, 6.45) is 2.11. The lowest BCUT2D eigenvalue weighted by Gasteiger charge is -2.29. The quantitative estimate of drug-likeness (QED) is 0.667. The van der Waals surface area contributed by atoms with Gasteiger partial charge in [-0.15, -0.1) is 0 Å². The third-order valence-electron chi connectivity index (χ3n) is 4.80. The Morgan fingerprint density at radius 3 is 2.50 bits per heavy atom. The number of likely N-dealkylation sites (tertiary alicyclic amines) is 1. The lowest BCUT2D eigenvalue weighted by molar-refractivity contribution is 0.263. The highest BCUT2D eigenvalue weighted by Gasteiger charge is 2.18. The third-order valence-corrected chi connectivity index (χ3v) is 4.80. The summed E-state index contributed by atoms with van der Waals surface area (Å²) in [5, 5.41) is 13.6. The minimum absolute atomic E-state index is 0.228. The fourth-order valence-electron chi connectivity index (χ4n) is 3.23. The minimum Gasteiger partial charge on any atom is -0.508 e. The number of phenols is 1. The fourth-order valence-corrected chi connectivity index (χ4v) is 3.23. The number of nitrogens with two attached hydrogens (primary N) is 1. The average Bonchev–Trinajstić information content (AvgIpc) is 2.64. The zero-order valence-electron chi connectivity index (χ0n) is 14.7. The van der Waals surface area contributed by atoms with E-state index in [-0.39, 0.29) is 5.75 Å². The van der Waals surface area contributed by atoms with Gasteiger partial charge >= 0.3 is 0 Å². The highest BCUT2D eigenvalue weighted by atomic mass is 16.3. The fraction of sp³-hybridized carbons (Fsp3) is 0.316. The van der Waals surface area contributed by atoms with E-state index in [1.807, 2.05) is 24.3 Å². The Hall–Kier alpha value is -2.93. The molecule has 0 spiro atoms. The molecule has 4 N–H and O–H groups in total. The Morgan fingerprint density at radius 2 is 1.77 bits per heavy atom. The van der Waals surface area contributed by atoms with Crippen LogP contribution in [0, 0.1) is 0 Å². The molecule has 0 aliphatic carbocycles. The van der Waals surface area contributed by atoms with Gasteiger partial charge < -0.3 is 21.1 Å². The van der Waals surface area contributed by atoms with Crippen molar-refractivity contribution in [3.63, 3.8) is 0 Å². The van der Waals surface area contributed by atoms with Crippen LogP contribution in [0.4, 0.5) is 11.8 Å². The first-order chi connectivity index (χ1) is 12.6. The number of nitrogens with one attached hydrogen (secondary N) is 1. The Bertz CT molecular complexity index is 919. The largest absolute Gasteiger partial charge is 0.508 e. The number of nitrogen functional groups attached to an aromatic ring is 1. The number of benzene rings is 1. The molecule has 7 heteroatoms. The van der Waals surface area contributed by atoms with Gasteiger partial charge in [0.25, 0.3) is 0 Å². The van der Waals surface area contributed by atoms with Gasteiger partial charge in [-0.3, -0.25) is 0 Å². The van der Waals surface area contributed by atoms with E-state index >= 15 is 0 Å². The second-order valence-electron chi connectivity index (χ2n) is 6.77. The van der Waals surface area contributed by atoms with Gasteiger partial charge in [-0.1, -0.05) is 0 Å². The molecule has 0 atom stereocenters. The predicted molar refractivity (Wildman–Crippen MR) is 103 cm³/mol. The van der Waals surface area contributed by atoms with Crippen molar-refractivity contribution in [2.24, 2.45) is 0 Å². The molecule has 1 aliphatic heterocycles. The maximum absolute atomic E-state index is 9.45. The van der Waals surface area contributed by atoms with Crippen LogP contribution < -0.4 is 11.1 Å². The predicted octanol–water partition coefficient (Wildman–Crippen LogP) is 2.49. The minimum atomic E-state index is 0.228. The second kappa shape index (κ2) is 6.76. The Balaban J connectivity index is 1.64. The van der Waals surface area contributed by atoms with E-state index < -0.39 is 0 Å². The van der Waals surface area contributed by atoms with E-state index in [0.717, 1.165) is 42.6 Å². The first kappa shape index (κ1) is 16.5. The van der Waals surface area contributed by atoms with Crippen LogP contribution in [0.3, 0.4) is 0 Å². The van der Waals surface area contributed by atoms with Gasteiger partial charge in [0.05, 0.1) is 11.1 Å². The highest BCUT2D eigenvalue weighted by Crippen LogP contribution is 2.25. The molecule has 26 heavy (non-hydrogen) atoms. The molecule has 134 valence electrons. The number of aromatic nitrogens is 3. The monoisotopic (exact) mass is 350 g/mol. The number of piperidine rings is 1. The maximum atomic E-state index is 9.45. The summed E-state index contributed by atoms with van der Waals surface area (Å²) >= 11 is 0. The van der Waals surface area contributed by atoms with Gasteiger partial charge in [-0.05, 0) is 69.4 Å². The zero-order valence-corrected chi connectivity index (χ0v) is 14.7. The number of pyridine rings is 1. The van der Waals surface area contributed by atoms with E-state index in [9.17, 15) is 5.11 Å². The van der Waals surface area contributed by atoms with Crippen molar-refractivity contribution >= 4 is 22.8 Å². The van der Waals surface area contributed by atoms with Crippen LogP contribution >= 0.6 is 0 Å². The maximum Gasteiger partial charge on any atom is 0.226 e. The molecule has 1 fully saturated rings. The molecule has 2 aromatic heterocycles. The summed E-state index contributed by atoms with van der Waals surface area (Å²) in [5.74, 6) is 1.18. The van der Waals surface area contributed by atoms with Crippen LogP contribution in [0.2, 0.25) is 0 Å². The molecular weight excluding hydrogens is 328 g/mol. The number of hydrogen-bond acceptors (Lipinski definition) is 7. The summed E-state index contributed by atoms with van der Waals surface area (Å²) in [6, 6.07) is 11.1. The van der Waals surface area contributed by atoms with Crippen molar-refractivity contribution in [3.8, 4) is 17.0 Å². The van der Waals surface area contributed by atoms with Crippen molar-refractivity contribution < 1.29 is 5.11 Å². The number of anilines is 2. The smallest absolute Gasteiger partial charge is 0.226 e. The molecule has 0 unspecified atom stereocenters. The summed E-state index contributed by atoms with van der Waals surface area (Å²) in [7, 11) is 2.13. The van der Waals surface area contributed by atoms with Gasteiger partial charge in [0.2, 0.25) is 5.95 Å². The second-order valence-corrected chi connectivity index (χ2v) is 6.77. The third kappa shape index (κ3) is 3.39. The van der Waals surface area contributed by atoms with Gasteiger partial charge in [0.15, 0.2) is 5.65 Å². The van der Waals surface area contributed by atoms with Crippen LogP contribution in [-0.4, -0.2) is 51.1 Å². The van der Waals surface area contributed by atoms with Crippen molar-refractivity contribution in [2.45, 2.75) is 18.9 Å². The topological polar surface area (TPSA) is 100 Å². The SMILES string of the molecule is CN1CCC(Nc2nc(N)c3ccc(-c4ccc(O)cc4)nc3n2)CC1. The molecule has 0 amide bonds. The lowest BCUT2D eigenvalue weighted by atomic mass is 10.1. The summed E-state index contributed by atoms with van der Waals surface area (Å²) in [6.45, 7) is 2.12. The van der Waals surface area contributed by atoms with Crippen molar-refractivity contribution in [2.75, 3.05) is 31.2 Å². The molecule has 3 aromatic rings. The normalized spacial score (nSPS) is 16.0. The van der Waals surface area contributed by atoms with Gasteiger partial charge in [-0.2, -0.15) is 9.97 Å². The molecule has 1 saturated heterocycles. The number of phenolic OH excluding ortho intramolecular Hbond substituents is 1. The summed E-state index contributed by atoms with van der Waals surface area (Å²) in [5.41, 5.74) is 8.38. The van der Waals surface area contributed by atoms with Crippen molar-refractivity contribution in [1.82, 2.24) is 19.9 Å².